The number of unbranched alkanes of at least 4 members (excludes halogenated alkanes) is 12. The Kier molecular flexibility index (Phi) is 12.5. The summed E-state index contributed by atoms with van der Waals surface area (Å²) in [6, 6.07) is 26.1. The molecule has 0 saturated heterocycles. The predicted octanol–water partition coefficient (Wildman–Crippen LogP) is 10.8. The number of rotatable bonds is 17. The molecule has 0 spiro atoms. The van der Waals surface area contributed by atoms with Gasteiger partial charge in [0.15, 0.2) is 0 Å². The van der Waals surface area contributed by atoms with Crippen molar-refractivity contribution in [2.45, 2.75) is 97.3 Å². The zero-order valence-electron chi connectivity index (χ0n) is 22.2. The molecule has 0 aromatic heterocycles. The van der Waals surface area contributed by atoms with E-state index in [1.54, 1.807) is 0 Å². The lowest BCUT2D eigenvalue weighted by molar-refractivity contribution is 0.304. The van der Waals surface area contributed by atoms with Gasteiger partial charge in [-0.15, -0.1) is 0 Å². The van der Waals surface area contributed by atoms with Gasteiger partial charge in [0.2, 0.25) is 0 Å². The Morgan fingerprint density at radius 3 is 1.20 bits per heavy atom. The molecule has 0 atom stereocenters. The van der Waals surface area contributed by atoms with E-state index >= 15 is 0 Å². The lowest BCUT2D eigenvalue weighted by Crippen LogP contribution is -1.97. The summed E-state index contributed by atoms with van der Waals surface area (Å²) in [5.41, 5.74) is 6.28. The van der Waals surface area contributed by atoms with Gasteiger partial charge >= 0.3 is 0 Å². The Hall–Kier alpha value is -2.54. The lowest BCUT2D eigenvalue weighted by Gasteiger charge is -2.09. The van der Waals surface area contributed by atoms with E-state index in [0.29, 0.717) is 0 Å². The van der Waals surface area contributed by atoms with Gasteiger partial charge in [0, 0.05) is 0 Å². The number of aryl methyl sites for hydroxylation is 1. The Bertz CT molecular complexity index is 922. The van der Waals surface area contributed by atoms with E-state index in [4.69, 9.17) is 4.74 Å². The lowest BCUT2D eigenvalue weighted by atomic mass is 10.00. The van der Waals surface area contributed by atoms with Crippen molar-refractivity contribution in [1.29, 1.82) is 0 Å². The standard InChI is InChI=1S/C34H46O/c1-3-4-5-6-7-8-9-10-11-12-13-14-15-28-35-34-26-24-33(25-27-34)32-22-20-31(21-23-32)30-18-16-29(2)17-19-30/h16-27H,3-15,28H2,1-2H3. The molecule has 0 aliphatic carbocycles. The monoisotopic (exact) mass is 470 g/mol. The molecule has 1 nitrogen and oxygen atoms in total. The molecule has 0 saturated carbocycles. The molecule has 3 rings (SSSR count). The SMILES string of the molecule is CCCCCCCCCCCCCCCOc1ccc(-c2ccc(-c3ccc(C)cc3)cc2)cc1. The normalized spacial score (nSPS) is 11.0. The molecule has 0 amide bonds. The molecule has 0 heterocycles. The maximum absolute atomic E-state index is 5.98. The maximum atomic E-state index is 5.98. The quantitative estimate of drug-likeness (QED) is 0.178. The minimum absolute atomic E-state index is 0.822. The highest BCUT2D eigenvalue weighted by Crippen LogP contribution is 2.26. The van der Waals surface area contributed by atoms with Crippen molar-refractivity contribution in [2.24, 2.45) is 0 Å². The number of ether oxygens (including phenoxy) is 1. The second-order valence-corrected chi connectivity index (χ2v) is 10.1. The number of hydrogen-bond acceptors (Lipinski definition) is 1. The van der Waals surface area contributed by atoms with Gasteiger partial charge in [0.1, 0.15) is 5.75 Å². The first kappa shape index (κ1) is 27.1. The van der Waals surface area contributed by atoms with Gasteiger partial charge in [-0.2, -0.15) is 0 Å². The minimum atomic E-state index is 0.822. The molecule has 188 valence electrons. The summed E-state index contributed by atoms with van der Waals surface area (Å²) in [5, 5.41) is 0. The molecule has 0 fully saturated rings. The first-order chi connectivity index (χ1) is 17.3. The molecule has 0 aliphatic rings. The predicted molar refractivity (Wildman–Crippen MR) is 153 cm³/mol. The number of hydrogen-bond donors (Lipinski definition) is 0. The van der Waals surface area contributed by atoms with Gasteiger partial charge in [-0.05, 0) is 47.7 Å². The average Bonchev–Trinajstić information content (AvgIpc) is 2.90. The van der Waals surface area contributed by atoms with Gasteiger partial charge in [-0.3, -0.25) is 0 Å². The third kappa shape index (κ3) is 10.3. The Labute approximate surface area is 214 Å². The van der Waals surface area contributed by atoms with Crippen LogP contribution in [0.2, 0.25) is 0 Å². The summed E-state index contributed by atoms with van der Waals surface area (Å²) >= 11 is 0. The highest BCUT2D eigenvalue weighted by Gasteiger charge is 2.02. The molecular formula is C34H46O. The highest BCUT2D eigenvalue weighted by atomic mass is 16.5. The molecule has 35 heavy (non-hydrogen) atoms. The first-order valence-corrected chi connectivity index (χ1v) is 14.2. The van der Waals surface area contributed by atoms with Gasteiger partial charge in [0.25, 0.3) is 0 Å². The molecule has 1 heteroatoms. The van der Waals surface area contributed by atoms with Gasteiger partial charge in [-0.1, -0.05) is 150 Å². The molecule has 0 bridgehead atoms. The summed E-state index contributed by atoms with van der Waals surface area (Å²) < 4.78 is 5.98. The van der Waals surface area contributed by atoms with Crippen LogP contribution < -0.4 is 4.74 Å². The zero-order chi connectivity index (χ0) is 24.6. The van der Waals surface area contributed by atoms with Crippen molar-refractivity contribution in [3.63, 3.8) is 0 Å². The van der Waals surface area contributed by atoms with Gasteiger partial charge < -0.3 is 4.74 Å². The summed E-state index contributed by atoms with van der Waals surface area (Å²) in [6.07, 6.45) is 17.9. The van der Waals surface area contributed by atoms with Crippen LogP contribution in [0, 0.1) is 6.92 Å². The zero-order valence-corrected chi connectivity index (χ0v) is 22.2. The van der Waals surface area contributed by atoms with Crippen LogP contribution >= 0.6 is 0 Å². The van der Waals surface area contributed by atoms with E-state index in [-0.39, 0.29) is 0 Å². The van der Waals surface area contributed by atoms with Crippen molar-refractivity contribution < 1.29 is 4.74 Å². The second-order valence-electron chi connectivity index (χ2n) is 10.1. The smallest absolute Gasteiger partial charge is 0.119 e. The fraction of sp³-hybridized carbons (Fsp3) is 0.471. The molecule has 0 unspecified atom stereocenters. The fourth-order valence-corrected chi connectivity index (χ4v) is 4.65. The first-order valence-electron chi connectivity index (χ1n) is 14.2. The van der Waals surface area contributed by atoms with Crippen LogP contribution in [0.25, 0.3) is 22.3 Å². The average molecular weight is 471 g/mol. The third-order valence-corrected chi connectivity index (χ3v) is 6.97. The van der Waals surface area contributed by atoms with Crippen molar-refractivity contribution in [2.75, 3.05) is 6.61 Å². The molecule has 0 radical (unpaired) electrons. The van der Waals surface area contributed by atoms with Crippen LogP contribution in [0.3, 0.4) is 0 Å². The van der Waals surface area contributed by atoms with E-state index < -0.39 is 0 Å². The van der Waals surface area contributed by atoms with Crippen LogP contribution in [-0.2, 0) is 0 Å². The molecule has 0 aliphatic heterocycles. The maximum Gasteiger partial charge on any atom is 0.119 e. The number of benzene rings is 3. The Balaban J connectivity index is 1.25. The largest absolute Gasteiger partial charge is 0.494 e. The van der Waals surface area contributed by atoms with Crippen molar-refractivity contribution >= 4 is 0 Å². The van der Waals surface area contributed by atoms with Crippen LogP contribution in [0.1, 0.15) is 96.0 Å². The molecule has 3 aromatic rings. The third-order valence-electron chi connectivity index (χ3n) is 6.97. The van der Waals surface area contributed by atoms with Crippen molar-refractivity contribution in [1.82, 2.24) is 0 Å². The van der Waals surface area contributed by atoms with Crippen LogP contribution in [-0.4, -0.2) is 6.61 Å². The van der Waals surface area contributed by atoms with Gasteiger partial charge in [0.05, 0.1) is 6.61 Å². The summed E-state index contributed by atoms with van der Waals surface area (Å²) in [5.74, 6) is 0.976. The van der Waals surface area contributed by atoms with E-state index in [2.05, 4.69) is 86.6 Å². The van der Waals surface area contributed by atoms with E-state index in [0.717, 1.165) is 18.8 Å². The van der Waals surface area contributed by atoms with Crippen LogP contribution in [0.4, 0.5) is 0 Å². The summed E-state index contributed by atoms with van der Waals surface area (Å²) in [7, 11) is 0. The highest BCUT2D eigenvalue weighted by molar-refractivity contribution is 5.70. The van der Waals surface area contributed by atoms with Crippen LogP contribution in [0.5, 0.6) is 5.75 Å². The van der Waals surface area contributed by atoms with E-state index in [1.807, 2.05) is 0 Å². The summed E-state index contributed by atoms with van der Waals surface area (Å²) in [6.45, 7) is 5.24. The fourth-order valence-electron chi connectivity index (χ4n) is 4.65. The molecular weight excluding hydrogens is 424 g/mol. The van der Waals surface area contributed by atoms with E-state index in [9.17, 15) is 0 Å². The van der Waals surface area contributed by atoms with E-state index in [1.165, 1.54) is 105 Å². The Morgan fingerprint density at radius 2 is 0.771 bits per heavy atom. The van der Waals surface area contributed by atoms with Gasteiger partial charge in [-0.25, -0.2) is 0 Å². The van der Waals surface area contributed by atoms with Crippen LogP contribution in [0.15, 0.2) is 72.8 Å². The van der Waals surface area contributed by atoms with Crippen molar-refractivity contribution in [3.8, 4) is 28.0 Å². The second kappa shape index (κ2) is 16.2. The Morgan fingerprint density at radius 1 is 0.429 bits per heavy atom. The minimum Gasteiger partial charge on any atom is -0.494 e. The van der Waals surface area contributed by atoms with Crippen molar-refractivity contribution in [3.05, 3.63) is 78.4 Å². The molecule has 3 aromatic carbocycles. The molecule has 0 N–H and O–H groups in total. The summed E-state index contributed by atoms with van der Waals surface area (Å²) in [4.78, 5) is 0. The topological polar surface area (TPSA) is 9.23 Å².